The maximum absolute atomic E-state index is 11.0. The minimum absolute atomic E-state index is 0.0508. The third-order valence-corrected chi connectivity index (χ3v) is 4.87. The average Bonchev–Trinajstić information content (AvgIpc) is 3.10. The molecule has 3 heterocycles. The number of nitrogen functional groups attached to an aromatic ring is 1. The molecule has 1 saturated heterocycles. The Morgan fingerprint density at radius 2 is 2.32 bits per heavy atom. The normalized spacial score (nSPS) is 29.9. The first-order valence-electron chi connectivity index (χ1n) is 7.25. The smallest absolute Gasteiger partial charge is 0.387 e. The van der Waals surface area contributed by atoms with E-state index in [2.05, 4.69) is 34.0 Å². The zero-order valence-corrected chi connectivity index (χ0v) is 14.8. The van der Waals surface area contributed by atoms with Crippen LogP contribution in [-0.4, -0.2) is 63.0 Å². The number of rotatable bonds is 6. The number of thiol groups is 1. The molecule has 25 heavy (non-hydrogen) atoms. The van der Waals surface area contributed by atoms with Gasteiger partial charge in [0.05, 0.1) is 12.2 Å². The number of aliphatic imine (C=N–C) groups is 1. The maximum atomic E-state index is 11.0. The Morgan fingerprint density at radius 1 is 1.56 bits per heavy atom. The van der Waals surface area contributed by atoms with E-state index in [0.717, 1.165) is 0 Å². The summed E-state index contributed by atoms with van der Waals surface area (Å²) in [5.41, 5.74) is 5.35. The fourth-order valence-electron chi connectivity index (χ4n) is 3.02. The molecule has 1 aliphatic rings. The van der Waals surface area contributed by atoms with Crippen molar-refractivity contribution in [3.63, 3.8) is 0 Å². The van der Waals surface area contributed by atoms with Crippen LogP contribution in [-0.2, 0) is 19.4 Å². The van der Waals surface area contributed by atoms with E-state index in [-0.39, 0.29) is 19.0 Å². The number of anilines is 1. The largest absolute Gasteiger partial charge is 0.582 e. The number of ether oxygens (including phenoxy) is 1. The van der Waals surface area contributed by atoms with Crippen molar-refractivity contribution < 1.29 is 24.0 Å². The fourth-order valence-corrected chi connectivity index (χ4v) is 3.50. The summed E-state index contributed by atoms with van der Waals surface area (Å²) in [6.07, 6.45) is -2.31. The van der Waals surface area contributed by atoms with Crippen molar-refractivity contribution in [3.05, 3.63) is 24.2 Å². The molecule has 2 aromatic heterocycles. The number of nitrogens with zero attached hydrogens (tertiary/aromatic N) is 4. The van der Waals surface area contributed by atoms with Gasteiger partial charge in [0.25, 0.3) is 0 Å². The van der Waals surface area contributed by atoms with Crippen molar-refractivity contribution in [1.82, 2.24) is 14.6 Å². The van der Waals surface area contributed by atoms with E-state index in [4.69, 9.17) is 15.0 Å². The molecule has 3 rings (SSSR count). The molecule has 0 bridgehead atoms. The molecule has 0 radical (unpaired) electrons. The molecular formula is C13H17N5O5PS+. The highest BCUT2D eigenvalue weighted by molar-refractivity contribution is 8.39. The highest BCUT2D eigenvalue weighted by atomic mass is 32.7. The first-order valence-corrected chi connectivity index (χ1v) is 9.58. The maximum Gasteiger partial charge on any atom is 0.582 e. The molecule has 4 N–H and O–H groups in total. The van der Waals surface area contributed by atoms with E-state index in [1.807, 2.05) is 0 Å². The second-order valence-corrected chi connectivity index (χ2v) is 7.27. The third-order valence-electron chi connectivity index (χ3n) is 4.16. The zero-order chi connectivity index (χ0) is 18.2. The molecule has 12 heteroatoms. The Labute approximate surface area is 148 Å². The van der Waals surface area contributed by atoms with Crippen molar-refractivity contribution in [3.8, 4) is 0 Å². The summed E-state index contributed by atoms with van der Waals surface area (Å²) in [6, 6.07) is 3.33. The van der Waals surface area contributed by atoms with Crippen LogP contribution >= 0.6 is 19.5 Å². The molecule has 0 spiro atoms. The summed E-state index contributed by atoms with van der Waals surface area (Å²) in [5.74, 6) is 0.253. The average molecular weight is 386 g/mol. The predicted molar refractivity (Wildman–Crippen MR) is 92.9 cm³/mol. The second-order valence-electron chi connectivity index (χ2n) is 5.56. The van der Waals surface area contributed by atoms with Gasteiger partial charge >= 0.3 is 7.23 Å². The Hall–Kier alpha value is -1.62. The Balaban J connectivity index is 2.05. The topological polar surface area (TPSA) is 145 Å². The van der Waals surface area contributed by atoms with Crippen molar-refractivity contribution in [2.45, 2.75) is 23.9 Å². The summed E-state index contributed by atoms with van der Waals surface area (Å²) in [5, 5.41) is 25.2. The number of fused-ring (bicyclic) bond motifs is 1. The van der Waals surface area contributed by atoms with Gasteiger partial charge in [-0.25, -0.2) is 9.50 Å². The van der Waals surface area contributed by atoms with Crippen LogP contribution in [0, 0.1) is 0 Å². The second kappa shape index (κ2) is 6.94. The molecule has 10 nitrogen and oxygen atoms in total. The van der Waals surface area contributed by atoms with E-state index in [9.17, 15) is 14.8 Å². The van der Waals surface area contributed by atoms with Gasteiger partial charge in [-0.3, -0.25) is 4.99 Å². The van der Waals surface area contributed by atoms with E-state index in [1.165, 1.54) is 10.8 Å². The lowest BCUT2D eigenvalue weighted by atomic mass is 9.91. The Morgan fingerprint density at radius 3 is 3.00 bits per heavy atom. The van der Waals surface area contributed by atoms with Crippen LogP contribution in [0.1, 0.15) is 5.69 Å². The van der Waals surface area contributed by atoms with Crippen LogP contribution < -0.4 is 5.73 Å². The molecule has 0 saturated carbocycles. The van der Waals surface area contributed by atoms with E-state index < -0.39 is 31.1 Å². The Kier molecular flexibility index (Phi) is 5.05. The van der Waals surface area contributed by atoms with Crippen LogP contribution in [0.4, 0.5) is 5.82 Å². The van der Waals surface area contributed by atoms with Crippen LogP contribution in [0.15, 0.2) is 23.5 Å². The van der Waals surface area contributed by atoms with Crippen molar-refractivity contribution in [2.75, 3.05) is 18.9 Å². The van der Waals surface area contributed by atoms with E-state index in [1.54, 1.807) is 12.1 Å². The minimum atomic E-state index is -2.17. The van der Waals surface area contributed by atoms with Gasteiger partial charge in [-0.1, -0.05) is 0 Å². The third kappa shape index (κ3) is 3.03. The van der Waals surface area contributed by atoms with Gasteiger partial charge in [-0.05, 0) is 23.4 Å². The van der Waals surface area contributed by atoms with Crippen molar-refractivity contribution >= 4 is 37.5 Å². The number of aromatic nitrogens is 3. The Bertz CT molecular complexity index is 819. The number of hydrogen-bond acceptors (Lipinski definition) is 9. The summed E-state index contributed by atoms with van der Waals surface area (Å²) in [7, 11) is -2.17. The molecule has 0 aliphatic carbocycles. The lowest BCUT2D eigenvalue weighted by Gasteiger charge is -2.30. The molecule has 0 amide bonds. The number of aliphatic hydroxyl groups excluding tert-OH is 2. The summed E-state index contributed by atoms with van der Waals surface area (Å²) in [4.78, 5) is 7.75. The molecule has 1 fully saturated rings. The van der Waals surface area contributed by atoms with Crippen molar-refractivity contribution in [1.29, 1.82) is 0 Å². The first kappa shape index (κ1) is 18.2. The van der Waals surface area contributed by atoms with Gasteiger partial charge in [0.2, 0.25) is 0 Å². The molecular weight excluding hydrogens is 369 g/mol. The summed E-state index contributed by atoms with van der Waals surface area (Å²) >= 11 is 3.65. The quantitative estimate of drug-likeness (QED) is 0.307. The van der Waals surface area contributed by atoms with Gasteiger partial charge in [-0.15, -0.1) is 4.52 Å². The molecule has 5 atom stereocenters. The van der Waals surface area contributed by atoms with E-state index in [0.29, 0.717) is 11.2 Å². The molecule has 134 valence electrons. The van der Waals surface area contributed by atoms with Gasteiger partial charge in [0.15, 0.2) is 11.4 Å². The highest BCUT2D eigenvalue weighted by Gasteiger charge is 2.57. The van der Waals surface area contributed by atoms with Gasteiger partial charge < -0.3 is 20.7 Å². The lowest BCUT2D eigenvalue weighted by molar-refractivity contribution is -0.0917. The molecule has 1 aliphatic heterocycles. The van der Waals surface area contributed by atoms with Crippen LogP contribution in [0.25, 0.3) is 5.52 Å². The van der Waals surface area contributed by atoms with Crippen LogP contribution in [0.5, 0.6) is 0 Å². The number of aliphatic hydroxyl groups is 2. The SMILES string of the molecule is C=NC[C@@]1(c2ccc3c(N)ncnn23)O[C@H](CO[P+](=O)S)[C@@H](O)[C@H]1O. The summed E-state index contributed by atoms with van der Waals surface area (Å²) < 4.78 is 23.3. The fraction of sp³-hybridized carbons (Fsp3) is 0.462. The lowest BCUT2D eigenvalue weighted by Crippen LogP contribution is -2.44. The van der Waals surface area contributed by atoms with Crippen LogP contribution in [0.3, 0.4) is 0 Å². The number of nitrogens with two attached hydrogens (primary N) is 1. The zero-order valence-electron chi connectivity index (χ0n) is 13.0. The van der Waals surface area contributed by atoms with Gasteiger partial charge in [0, 0.05) is 0 Å². The standard InChI is InChI=1S/C13H16N5O5PS/c1-15-5-13(9-3-2-7-12(14)16-6-17-18(7)9)11(20)10(19)8(23-13)4-22-24(21)25/h2-3,6,8,10-11,19-20H,1,4-5H2,(H2-,14,16,17,21,25)/p+1/t8-,10-,11-,13+/m1/s1. The number of hydrogen-bond donors (Lipinski definition) is 4. The van der Waals surface area contributed by atoms with Crippen molar-refractivity contribution in [2.24, 2.45) is 4.99 Å². The minimum Gasteiger partial charge on any atom is -0.387 e. The van der Waals surface area contributed by atoms with Gasteiger partial charge in [0.1, 0.15) is 49.0 Å². The summed E-state index contributed by atoms with van der Waals surface area (Å²) in [6.45, 7) is 3.19. The predicted octanol–water partition coefficient (Wildman–Crippen LogP) is -0.0682. The van der Waals surface area contributed by atoms with Crippen LogP contribution in [0.2, 0.25) is 0 Å². The highest BCUT2D eigenvalue weighted by Crippen LogP contribution is 2.42. The van der Waals surface area contributed by atoms with Gasteiger partial charge in [-0.2, -0.15) is 5.10 Å². The molecule has 0 aromatic carbocycles. The molecule has 2 aromatic rings. The van der Waals surface area contributed by atoms with E-state index >= 15 is 0 Å². The molecule has 1 unspecified atom stereocenters. The monoisotopic (exact) mass is 386 g/mol. The first-order chi connectivity index (χ1) is 11.9.